The molecule has 5 nitrogen and oxygen atoms in total. The third-order valence-electron chi connectivity index (χ3n) is 4.46. The fraction of sp³-hybridized carbons (Fsp3) is 0.842. The number of carbonyl (C=O) groups excluding carboxylic acids is 1. The molecule has 0 aliphatic carbocycles. The van der Waals surface area contributed by atoms with Crippen LogP contribution in [0.3, 0.4) is 0 Å². The highest BCUT2D eigenvalue weighted by Gasteiger charge is 2.41. The fourth-order valence-electron chi connectivity index (χ4n) is 1.79. The molecule has 2 atom stereocenters. The number of hydrogen-bond donors (Lipinski definition) is 0. The molecular formula is C19H38O5Si. The maximum absolute atomic E-state index is 12.2. The first-order valence-corrected chi connectivity index (χ1v) is 11.7. The fourth-order valence-corrected chi connectivity index (χ4v) is 3.12. The lowest BCUT2D eigenvalue weighted by molar-refractivity contribution is -0.162. The summed E-state index contributed by atoms with van der Waals surface area (Å²) < 4.78 is 22.9. The van der Waals surface area contributed by atoms with Crippen LogP contribution >= 0.6 is 0 Å². The average molecular weight is 375 g/mol. The topological polar surface area (TPSA) is 54.0 Å². The Balaban J connectivity index is 5.32. The normalized spacial score (nSPS) is 15.6. The van der Waals surface area contributed by atoms with E-state index in [1.165, 1.54) is 0 Å². The van der Waals surface area contributed by atoms with Crippen LogP contribution in [0.4, 0.5) is 0 Å². The van der Waals surface area contributed by atoms with Gasteiger partial charge in [0.1, 0.15) is 19.5 Å². The van der Waals surface area contributed by atoms with E-state index in [1.54, 1.807) is 13.2 Å². The minimum atomic E-state index is -2.06. The number of hydrogen-bond acceptors (Lipinski definition) is 5. The summed E-state index contributed by atoms with van der Waals surface area (Å²) in [5, 5.41) is 0.0409. The van der Waals surface area contributed by atoms with Crippen LogP contribution in [0.15, 0.2) is 12.7 Å². The Hall–Kier alpha value is -0.693. The molecule has 0 spiro atoms. The summed E-state index contributed by atoms with van der Waals surface area (Å²) in [6.07, 6.45) is 1.74. The zero-order valence-corrected chi connectivity index (χ0v) is 18.6. The highest BCUT2D eigenvalue weighted by molar-refractivity contribution is 6.74. The van der Waals surface area contributed by atoms with Crippen molar-refractivity contribution in [2.45, 2.75) is 78.3 Å². The monoisotopic (exact) mass is 374 g/mol. The van der Waals surface area contributed by atoms with Crippen LogP contribution in [0.2, 0.25) is 18.1 Å². The Morgan fingerprint density at radius 3 is 2.08 bits per heavy atom. The predicted molar refractivity (Wildman–Crippen MR) is 104 cm³/mol. The lowest BCUT2D eigenvalue weighted by atomic mass is 9.97. The lowest BCUT2D eigenvalue weighted by Crippen LogP contribution is -2.49. The van der Waals surface area contributed by atoms with Crippen LogP contribution in [0.1, 0.15) is 48.0 Å². The van der Waals surface area contributed by atoms with Crippen molar-refractivity contribution in [1.82, 2.24) is 0 Å². The first-order chi connectivity index (χ1) is 11.3. The van der Waals surface area contributed by atoms with Crippen molar-refractivity contribution in [2.24, 2.45) is 5.41 Å². The summed E-state index contributed by atoms with van der Waals surface area (Å²) in [6, 6.07) is 0. The van der Waals surface area contributed by atoms with Crippen LogP contribution in [-0.2, 0) is 23.4 Å². The van der Waals surface area contributed by atoms with Gasteiger partial charge >= 0.3 is 5.97 Å². The van der Waals surface area contributed by atoms with E-state index >= 15 is 0 Å². The second-order valence-electron chi connectivity index (χ2n) is 8.90. The van der Waals surface area contributed by atoms with Gasteiger partial charge in [0.05, 0.1) is 11.5 Å². The Labute approximate surface area is 155 Å². The lowest BCUT2D eigenvalue weighted by Gasteiger charge is -2.41. The molecule has 0 saturated carbocycles. The molecule has 0 aliphatic heterocycles. The molecule has 0 aliphatic rings. The van der Waals surface area contributed by atoms with E-state index in [1.807, 2.05) is 20.8 Å². The zero-order chi connectivity index (χ0) is 19.9. The first kappa shape index (κ1) is 24.3. The maximum atomic E-state index is 12.2. The van der Waals surface area contributed by atoms with Crippen molar-refractivity contribution in [3.05, 3.63) is 12.7 Å². The van der Waals surface area contributed by atoms with Crippen molar-refractivity contribution < 1.29 is 23.4 Å². The summed E-state index contributed by atoms with van der Waals surface area (Å²) in [5.41, 5.74) is -0.553. The average Bonchev–Trinajstić information content (AvgIpc) is 2.45. The Morgan fingerprint density at radius 2 is 1.68 bits per heavy atom. The molecule has 0 fully saturated rings. The molecule has 0 saturated heterocycles. The molecule has 0 bridgehead atoms. The predicted octanol–water partition coefficient (Wildman–Crippen LogP) is 4.53. The quantitative estimate of drug-likeness (QED) is 0.243. The molecule has 0 N–H and O–H groups in total. The molecule has 0 aromatic carbocycles. The molecule has 0 aromatic rings. The van der Waals surface area contributed by atoms with Gasteiger partial charge in [-0.05, 0) is 45.3 Å². The molecule has 0 unspecified atom stereocenters. The summed E-state index contributed by atoms with van der Waals surface area (Å²) in [6.45, 7) is 20.5. The number of esters is 1. The number of carbonyl (C=O) groups is 1. The van der Waals surface area contributed by atoms with Gasteiger partial charge in [-0.15, -0.1) is 6.58 Å². The van der Waals surface area contributed by atoms with Gasteiger partial charge in [-0.25, -0.2) is 0 Å². The molecule has 148 valence electrons. The SMILES string of the molecule is C=CC[C@H](OCOC)[C@@H](COC(=O)C(C)(C)C)O[Si](C)(C)C(C)(C)C. The molecule has 0 amide bonds. The third kappa shape index (κ3) is 8.49. The first-order valence-electron chi connectivity index (χ1n) is 8.82. The number of rotatable bonds is 10. The van der Waals surface area contributed by atoms with Crippen molar-refractivity contribution in [3.8, 4) is 0 Å². The van der Waals surface area contributed by atoms with Gasteiger partial charge in [0.2, 0.25) is 0 Å². The number of ether oxygens (including phenoxy) is 3. The van der Waals surface area contributed by atoms with Crippen molar-refractivity contribution in [3.63, 3.8) is 0 Å². The van der Waals surface area contributed by atoms with E-state index in [4.69, 9.17) is 18.6 Å². The van der Waals surface area contributed by atoms with Gasteiger partial charge < -0.3 is 18.6 Å². The molecule has 0 rings (SSSR count). The summed E-state index contributed by atoms with van der Waals surface area (Å²) in [7, 11) is -0.486. The largest absolute Gasteiger partial charge is 0.462 e. The van der Waals surface area contributed by atoms with E-state index in [-0.39, 0.29) is 36.6 Å². The minimum Gasteiger partial charge on any atom is -0.462 e. The minimum absolute atomic E-state index is 0.0409. The van der Waals surface area contributed by atoms with E-state index in [0.29, 0.717) is 6.42 Å². The van der Waals surface area contributed by atoms with E-state index in [9.17, 15) is 4.79 Å². The van der Waals surface area contributed by atoms with E-state index in [0.717, 1.165) is 0 Å². The zero-order valence-electron chi connectivity index (χ0n) is 17.6. The Kier molecular flexibility index (Phi) is 9.58. The highest BCUT2D eigenvalue weighted by atomic mass is 28.4. The van der Waals surface area contributed by atoms with Gasteiger partial charge in [0.15, 0.2) is 8.32 Å². The second kappa shape index (κ2) is 9.85. The number of methoxy groups -OCH3 is 1. The summed E-state index contributed by atoms with van der Waals surface area (Å²) in [4.78, 5) is 12.2. The molecule has 0 aromatic heterocycles. The Morgan fingerprint density at radius 1 is 1.12 bits per heavy atom. The molecular weight excluding hydrogens is 336 g/mol. The van der Waals surface area contributed by atoms with Crippen molar-refractivity contribution in [2.75, 3.05) is 20.5 Å². The highest BCUT2D eigenvalue weighted by Crippen LogP contribution is 2.38. The Bertz CT molecular complexity index is 421. The van der Waals surface area contributed by atoms with Crippen LogP contribution in [0.5, 0.6) is 0 Å². The summed E-state index contributed by atoms with van der Waals surface area (Å²) >= 11 is 0. The maximum Gasteiger partial charge on any atom is 0.311 e. The van der Waals surface area contributed by atoms with Gasteiger partial charge in [0, 0.05) is 7.11 Å². The van der Waals surface area contributed by atoms with Crippen LogP contribution in [-0.4, -0.2) is 47.0 Å². The van der Waals surface area contributed by atoms with Crippen LogP contribution in [0, 0.1) is 5.41 Å². The summed E-state index contributed by atoms with van der Waals surface area (Å²) in [5.74, 6) is -0.250. The van der Waals surface area contributed by atoms with Gasteiger partial charge in [-0.2, -0.15) is 0 Å². The third-order valence-corrected chi connectivity index (χ3v) is 8.96. The van der Waals surface area contributed by atoms with Gasteiger partial charge in [-0.1, -0.05) is 26.8 Å². The van der Waals surface area contributed by atoms with Gasteiger partial charge in [0.25, 0.3) is 0 Å². The van der Waals surface area contributed by atoms with Crippen molar-refractivity contribution >= 4 is 14.3 Å². The molecule has 25 heavy (non-hydrogen) atoms. The van der Waals surface area contributed by atoms with Crippen LogP contribution in [0.25, 0.3) is 0 Å². The molecule has 0 radical (unpaired) electrons. The van der Waals surface area contributed by atoms with E-state index < -0.39 is 13.7 Å². The van der Waals surface area contributed by atoms with Crippen molar-refractivity contribution in [1.29, 1.82) is 0 Å². The smallest absolute Gasteiger partial charge is 0.311 e. The van der Waals surface area contributed by atoms with E-state index in [2.05, 4.69) is 40.4 Å². The standard InChI is InChI=1S/C19H38O5Si/c1-11-12-15(23-14-21-8)16(13-22-17(20)18(2,3)4)24-25(9,10)19(5,6)7/h11,15-16H,1,12-14H2,2-10H3/t15-,16+/m0/s1. The molecule has 6 heteroatoms. The second-order valence-corrected chi connectivity index (χ2v) is 13.7. The van der Waals surface area contributed by atoms with Gasteiger partial charge in [-0.3, -0.25) is 4.79 Å². The van der Waals surface area contributed by atoms with Crippen LogP contribution < -0.4 is 0 Å². The molecule has 0 heterocycles.